The number of rotatable bonds is 13. The van der Waals surface area contributed by atoms with E-state index in [1.165, 1.54) is 28.8 Å². The zero-order chi connectivity index (χ0) is 30.2. The Morgan fingerprint density at radius 2 is 1.66 bits per heavy atom. The monoisotopic (exact) mass is 637 g/mol. The van der Waals surface area contributed by atoms with Crippen molar-refractivity contribution in [3.05, 3.63) is 82.3 Å². The summed E-state index contributed by atoms with van der Waals surface area (Å²) in [6.07, 6.45) is 1.89. The van der Waals surface area contributed by atoms with Crippen LogP contribution < -0.4 is 14.4 Å². The molecule has 0 aliphatic carbocycles. The fraction of sp³-hybridized carbons (Fsp3) is 0.310. The molecule has 3 aromatic rings. The van der Waals surface area contributed by atoms with E-state index in [0.717, 1.165) is 9.20 Å². The van der Waals surface area contributed by atoms with E-state index < -0.39 is 28.5 Å². The molecule has 0 aromatic heterocycles. The summed E-state index contributed by atoms with van der Waals surface area (Å²) in [6, 6.07) is 16.8. The number of likely N-dealkylation sites (N-methyl/N-ethyl adjacent to an activating group) is 1. The number of halogens is 2. The fourth-order valence-electron chi connectivity index (χ4n) is 4.02. The van der Waals surface area contributed by atoms with Gasteiger partial charge in [-0.2, -0.15) is 0 Å². The number of amides is 2. The summed E-state index contributed by atoms with van der Waals surface area (Å²) in [7, 11) is -4.18. The third-order valence-corrected chi connectivity index (χ3v) is 9.35. The van der Waals surface area contributed by atoms with E-state index in [0.29, 0.717) is 34.5 Å². The van der Waals surface area contributed by atoms with Crippen molar-refractivity contribution in [3.63, 3.8) is 0 Å². The van der Waals surface area contributed by atoms with Gasteiger partial charge in [0.25, 0.3) is 10.0 Å². The highest BCUT2D eigenvalue weighted by molar-refractivity contribution is 7.98. The van der Waals surface area contributed by atoms with E-state index in [-0.39, 0.29) is 23.0 Å². The van der Waals surface area contributed by atoms with Crippen LogP contribution in [-0.4, -0.2) is 57.1 Å². The molecule has 41 heavy (non-hydrogen) atoms. The molecule has 220 valence electrons. The SMILES string of the molecule is CCNC(=O)[C@@H](C)N(Cc1ccc(Cl)cc1Cl)C(=O)CN(c1ccc(OCC)cc1)S(=O)(=O)c1ccc(SC)cc1. The first kappa shape index (κ1) is 32.6. The van der Waals surface area contributed by atoms with Crippen LogP contribution in [0.1, 0.15) is 26.3 Å². The summed E-state index contributed by atoms with van der Waals surface area (Å²) >= 11 is 13.9. The molecular weight excluding hydrogens is 605 g/mol. The van der Waals surface area contributed by atoms with Crippen molar-refractivity contribution in [2.45, 2.75) is 43.1 Å². The highest BCUT2D eigenvalue weighted by atomic mass is 35.5. The highest BCUT2D eigenvalue weighted by Gasteiger charge is 2.32. The van der Waals surface area contributed by atoms with Crippen molar-refractivity contribution >= 4 is 62.5 Å². The van der Waals surface area contributed by atoms with Crippen molar-refractivity contribution in [3.8, 4) is 5.75 Å². The minimum Gasteiger partial charge on any atom is -0.494 e. The second kappa shape index (κ2) is 14.8. The van der Waals surface area contributed by atoms with E-state index in [1.54, 1.807) is 68.4 Å². The summed E-state index contributed by atoms with van der Waals surface area (Å²) in [5, 5.41) is 3.47. The number of sulfonamides is 1. The summed E-state index contributed by atoms with van der Waals surface area (Å²) < 4.78 is 34.5. The van der Waals surface area contributed by atoms with Crippen LogP contribution in [0.25, 0.3) is 0 Å². The predicted octanol–water partition coefficient (Wildman–Crippen LogP) is 5.86. The minimum atomic E-state index is -4.18. The molecule has 0 aliphatic rings. The van der Waals surface area contributed by atoms with Crippen molar-refractivity contribution in [1.82, 2.24) is 10.2 Å². The lowest BCUT2D eigenvalue weighted by atomic mass is 10.1. The van der Waals surface area contributed by atoms with Gasteiger partial charge in [-0.25, -0.2) is 8.42 Å². The lowest BCUT2D eigenvalue weighted by molar-refractivity contribution is -0.139. The fourth-order valence-corrected chi connectivity index (χ4v) is 6.31. The summed E-state index contributed by atoms with van der Waals surface area (Å²) in [6.45, 7) is 5.42. The number of benzene rings is 3. The molecule has 0 aliphatic heterocycles. The average Bonchev–Trinajstić information content (AvgIpc) is 2.96. The highest BCUT2D eigenvalue weighted by Crippen LogP contribution is 2.28. The van der Waals surface area contributed by atoms with Crippen LogP contribution in [0.2, 0.25) is 10.0 Å². The molecule has 0 heterocycles. The van der Waals surface area contributed by atoms with Crippen molar-refractivity contribution in [1.29, 1.82) is 0 Å². The number of carbonyl (C=O) groups is 2. The maximum absolute atomic E-state index is 14.0. The minimum absolute atomic E-state index is 0.0288. The van der Waals surface area contributed by atoms with Crippen molar-refractivity contribution in [2.75, 3.05) is 30.3 Å². The zero-order valence-corrected chi connectivity index (χ0v) is 26.4. The third-order valence-electron chi connectivity index (χ3n) is 6.24. The van der Waals surface area contributed by atoms with Gasteiger partial charge in [0, 0.05) is 28.0 Å². The van der Waals surface area contributed by atoms with E-state index in [9.17, 15) is 18.0 Å². The smallest absolute Gasteiger partial charge is 0.264 e. The average molecular weight is 639 g/mol. The zero-order valence-electron chi connectivity index (χ0n) is 23.3. The normalized spacial score (nSPS) is 12.0. The summed E-state index contributed by atoms with van der Waals surface area (Å²) in [4.78, 5) is 29.0. The van der Waals surface area contributed by atoms with Gasteiger partial charge in [0.15, 0.2) is 0 Å². The molecule has 1 N–H and O–H groups in total. The number of nitrogens with zero attached hydrogens (tertiary/aromatic N) is 2. The van der Waals surface area contributed by atoms with Gasteiger partial charge < -0.3 is 15.0 Å². The van der Waals surface area contributed by atoms with Gasteiger partial charge >= 0.3 is 0 Å². The molecule has 0 radical (unpaired) electrons. The van der Waals surface area contributed by atoms with Crippen LogP contribution in [0.5, 0.6) is 5.75 Å². The molecule has 8 nitrogen and oxygen atoms in total. The first-order valence-corrected chi connectivity index (χ1v) is 16.3. The van der Waals surface area contributed by atoms with Gasteiger partial charge in [-0.1, -0.05) is 29.3 Å². The maximum atomic E-state index is 14.0. The number of anilines is 1. The van der Waals surface area contributed by atoms with E-state index >= 15 is 0 Å². The second-order valence-electron chi connectivity index (χ2n) is 8.94. The molecule has 12 heteroatoms. The molecule has 0 unspecified atom stereocenters. The van der Waals surface area contributed by atoms with Crippen molar-refractivity contribution in [2.24, 2.45) is 0 Å². The van der Waals surface area contributed by atoms with Gasteiger partial charge in [0.1, 0.15) is 18.3 Å². The molecule has 2 amide bonds. The number of thioether (sulfide) groups is 1. The first-order valence-electron chi connectivity index (χ1n) is 12.9. The predicted molar refractivity (Wildman–Crippen MR) is 166 cm³/mol. The summed E-state index contributed by atoms with van der Waals surface area (Å²) in [5.41, 5.74) is 0.828. The lowest BCUT2D eigenvalue weighted by Gasteiger charge is -2.32. The van der Waals surface area contributed by atoms with Crippen LogP contribution in [0.4, 0.5) is 5.69 Å². The maximum Gasteiger partial charge on any atom is 0.264 e. The molecule has 0 spiro atoms. The van der Waals surface area contributed by atoms with E-state index in [4.69, 9.17) is 27.9 Å². The van der Waals surface area contributed by atoms with Crippen LogP contribution >= 0.6 is 35.0 Å². The Kier molecular flexibility index (Phi) is 11.8. The van der Waals surface area contributed by atoms with E-state index in [1.807, 2.05) is 13.2 Å². The molecule has 0 fully saturated rings. The van der Waals surface area contributed by atoms with Crippen molar-refractivity contribution < 1.29 is 22.7 Å². The number of nitrogens with one attached hydrogen (secondary N) is 1. The molecule has 3 aromatic carbocycles. The topological polar surface area (TPSA) is 96.0 Å². The van der Waals surface area contributed by atoms with Crippen LogP contribution in [-0.2, 0) is 26.2 Å². The molecule has 3 rings (SSSR count). The van der Waals surface area contributed by atoms with Gasteiger partial charge in [0.2, 0.25) is 11.8 Å². The van der Waals surface area contributed by atoms with Crippen LogP contribution in [0.3, 0.4) is 0 Å². The van der Waals surface area contributed by atoms with Gasteiger partial charge in [-0.3, -0.25) is 13.9 Å². The van der Waals surface area contributed by atoms with Gasteiger partial charge in [-0.05, 0) is 93.3 Å². The van der Waals surface area contributed by atoms with Crippen LogP contribution in [0, 0.1) is 0 Å². The first-order chi connectivity index (χ1) is 19.5. The lowest BCUT2D eigenvalue weighted by Crippen LogP contribution is -2.51. The quantitative estimate of drug-likeness (QED) is 0.236. The Bertz CT molecular complexity index is 1450. The largest absolute Gasteiger partial charge is 0.494 e. The van der Waals surface area contributed by atoms with Gasteiger partial charge in [0.05, 0.1) is 17.2 Å². The second-order valence-corrected chi connectivity index (χ2v) is 12.5. The van der Waals surface area contributed by atoms with Gasteiger partial charge in [-0.15, -0.1) is 11.8 Å². The molecule has 0 bridgehead atoms. The Morgan fingerprint density at radius 1 is 1.00 bits per heavy atom. The Balaban J connectivity index is 2.05. The third kappa shape index (κ3) is 8.31. The summed E-state index contributed by atoms with van der Waals surface area (Å²) in [5.74, 6) is -0.407. The number of ether oxygens (including phenoxy) is 1. The number of hydrogen-bond donors (Lipinski definition) is 1. The standard InChI is InChI=1S/C29H33Cl2N3O5S2/c1-5-32-29(36)20(3)33(18-21-7-8-22(30)17-27(21)31)28(35)19-34(23-9-11-24(12-10-23)39-6-2)41(37,38)26-15-13-25(40-4)14-16-26/h7-17,20H,5-6,18-19H2,1-4H3,(H,32,36)/t20-/m1/s1. The van der Waals surface area contributed by atoms with Crippen LogP contribution in [0.15, 0.2) is 76.5 Å². The molecule has 1 atom stereocenters. The molecule has 0 saturated heterocycles. The van der Waals surface area contributed by atoms with E-state index in [2.05, 4.69) is 5.32 Å². The Hall–Kier alpha value is -2.92. The Labute approximate surface area is 256 Å². The molecule has 0 saturated carbocycles. The molecular formula is C29H33Cl2N3O5S2. The Morgan fingerprint density at radius 3 is 2.22 bits per heavy atom. The number of hydrogen-bond acceptors (Lipinski definition) is 6. The number of carbonyl (C=O) groups excluding carboxylic acids is 2.